The molecule has 8 heteroatoms. The zero-order chi connectivity index (χ0) is 22.4. The van der Waals surface area contributed by atoms with E-state index >= 15 is 0 Å². The minimum absolute atomic E-state index is 0.0708. The van der Waals surface area contributed by atoms with E-state index in [0.717, 1.165) is 34.5 Å². The largest absolute Gasteiger partial charge is 0.494 e. The van der Waals surface area contributed by atoms with E-state index in [1.54, 1.807) is 17.0 Å². The van der Waals surface area contributed by atoms with Crippen molar-refractivity contribution in [1.82, 2.24) is 9.88 Å². The minimum Gasteiger partial charge on any atom is -0.494 e. The average molecular weight is 462 g/mol. The van der Waals surface area contributed by atoms with Gasteiger partial charge in [-0.15, -0.1) is 0 Å². The summed E-state index contributed by atoms with van der Waals surface area (Å²) in [5, 5.41) is 1.29. The molecule has 3 aromatic rings. The molecule has 0 aliphatic heterocycles. The normalized spacial score (nSPS) is 11.2. The summed E-state index contributed by atoms with van der Waals surface area (Å²) in [5.74, 6) is 1.25. The summed E-state index contributed by atoms with van der Waals surface area (Å²) in [6.45, 7) is 5.89. The van der Waals surface area contributed by atoms with Gasteiger partial charge in [-0.3, -0.25) is 9.69 Å². The van der Waals surface area contributed by atoms with Crippen LogP contribution in [0.25, 0.3) is 10.2 Å². The average Bonchev–Trinajstić information content (AvgIpc) is 3.20. The molecule has 1 amide bonds. The SMILES string of the molecule is CCOc1ccc(OCC(=O)N(CCCN(C)C)c2nc3c(C)ccc(Cl)c3s2)cc1. The highest BCUT2D eigenvalue weighted by Gasteiger charge is 2.21. The third kappa shape index (κ3) is 6.09. The Labute approximate surface area is 192 Å². The van der Waals surface area contributed by atoms with Gasteiger partial charge in [0.05, 0.1) is 21.8 Å². The Morgan fingerprint density at radius 1 is 1.06 bits per heavy atom. The van der Waals surface area contributed by atoms with Crippen molar-refractivity contribution in [3.8, 4) is 11.5 Å². The predicted octanol–water partition coefficient (Wildman–Crippen LogP) is 5.02. The molecule has 1 heterocycles. The molecule has 0 saturated carbocycles. The summed E-state index contributed by atoms with van der Waals surface area (Å²) < 4.78 is 12.1. The Balaban J connectivity index is 1.77. The number of rotatable bonds is 10. The van der Waals surface area contributed by atoms with Gasteiger partial charge in [0, 0.05) is 6.54 Å². The van der Waals surface area contributed by atoms with Gasteiger partial charge in [-0.25, -0.2) is 4.98 Å². The van der Waals surface area contributed by atoms with Crippen LogP contribution in [-0.2, 0) is 4.79 Å². The lowest BCUT2D eigenvalue weighted by molar-refractivity contribution is -0.120. The zero-order valence-corrected chi connectivity index (χ0v) is 19.9. The van der Waals surface area contributed by atoms with Crippen LogP contribution < -0.4 is 14.4 Å². The summed E-state index contributed by atoms with van der Waals surface area (Å²) >= 11 is 7.81. The lowest BCUT2D eigenvalue weighted by Crippen LogP contribution is -2.36. The van der Waals surface area contributed by atoms with E-state index in [0.29, 0.717) is 29.1 Å². The van der Waals surface area contributed by atoms with E-state index < -0.39 is 0 Å². The van der Waals surface area contributed by atoms with Gasteiger partial charge in [0.25, 0.3) is 5.91 Å². The molecule has 0 unspecified atom stereocenters. The van der Waals surface area contributed by atoms with Crippen LogP contribution >= 0.6 is 22.9 Å². The molecule has 3 rings (SSSR count). The van der Waals surface area contributed by atoms with Crippen molar-refractivity contribution in [2.45, 2.75) is 20.3 Å². The number of anilines is 1. The summed E-state index contributed by atoms with van der Waals surface area (Å²) in [7, 11) is 4.03. The van der Waals surface area contributed by atoms with Crippen molar-refractivity contribution in [1.29, 1.82) is 0 Å². The van der Waals surface area contributed by atoms with Gasteiger partial charge in [-0.05, 0) is 76.8 Å². The van der Waals surface area contributed by atoms with E-state index in [1.807, 2.05) is 52.2 Å². The van der Waals surface area contributed by atoms with Crippen molar-refractivity contribution >= 4 is 44.2 Å². The molecule has 0 bridgehead atoms. The van der Waals surface area contributed by atoms with Gasteiger partial charge in [-0.2, -0.15) is 0 Å². The summed E-state index contributed by atoms with van der Waals surface area (Å²) in [6, 6.07) is 11.1. The number of halogens is 1. The number of aromatic nitrogens is 1. The van der Waals surface area contributed by atoms with Crippen LogP contribution in [0.5, 0.6) is 11.5 Å². The summed E-state index contributed by atoms with van der Waals surface area (Å²) in [5.41, 5.74) is 1.87. The fourth-order valence-corrected chi connectivity index (χ4v) is 4.46. The fraction of sp³-hybridized carbons (Fsp3) is 0.391. The number of carbonyl (C=O) groups excluding carboxylic acids is 1. The van der Waals surface area contributed by atoms with Crippen LogP contribution in [0.3, 0.4) is 0 Å². The quantitative estimate of drug-likeness (QED) is 0.424. The molecule has 0 aliphatic carbocycles. The lowest BCUT2D eigenvalue weighted by Gasteiger charge is -2.21. The monoisotopic (exact) mass is 461 g/mol. The van der Waals surface area contributed by atoms with Gasteiger partial charge in [0.1, 0.15) is 11.5 Å². The van der Waals surface area contributed by atoms with E-state index in [4.69, 9.17) is 26.1 Å². The number of thiazole rings is 1. The Morgan fingerprint density at radius 2 is 1.74 bits per heavy atom. The summed E-state index contributed by atoms with van der Waals surface area (Å²) in [6.07, 6.45) is 0.824. The molecule has 0 atom stereocenters. The van der Waals surface area contributed by atoms with Gasteiger partial charge < -0.3 is 14.4 Å². The van der Waals surface area contributed by atoms with Gasteiger partial charge >= 0.3 is 0 Å². The van der Waals surface area contributed by atoms with Crippen LogP contribution in [0.1, 0.15) is 18.9 Å². The molecule has 6 nitrogen and oxygen atoms in total. The number of hydrogen-bond acceptors (Lipinski definition) is 6. The molecule has 166 valence electrons. The zero-order valence-electron chi connectivity index (χ0n) is 18.4. The molecular weight excluding hydrogens is 434 g/mol. The second-order valence-electron chi connectivity index (χ2n) is 7.43. The predicted molar refractivity (Wildman–Crippen MR) is 128 cm³/mol. The number of carbonyl (C=O) groups is 1. The Kier molecular flexibility index (Phi) is 8.12. The molecule has 31 heavy (non-hydrogen) atoms. The van der Waals surface area contributed by atoms with E-state index in [9.17, 15) is 4.79 Å². The van der Waals surface area contributed by atoms with Crippen LogP contribution in [0.15, 0.2) is 36.4 Å². The number of aryl methyl sites for hydroxylation is 1. The first-order chi connectivity index (χ1) is 14.9. The third-order valence-corrected chi connectivity index (χ3v) is 6.24. The van der Waals surface area contributed by atoms with Crippen molar-refractivity contribution in [2.75, 3.05) is 45.3 Å². The molecule has 0 radical (unpaired) electrons. The number of nitrogens with zero attached hydrogens (tertiary/aromatic N) is 3. The summed E-state index contributed by atoms with van der Waals surface area (Å²) in [4.78, 5) is 21.6. The number of fused-ring (bicyclic) bond motifs is 1. The van der Waals surface area contributed by atoms with Gasteiger partial charge in [-0.1, -0.05) is 29.0 Å². The first-order valence-corrected chi connectivity index (χ1v) is 11.4. The van der Waals surface area contributed by atoms with Crippen molar-refractivity contribution in [2.24, 2.45) is 0 Å². The van der Waals surface area contributed by atoms with Crippen molar-refractivity contribution in [3.05, 3.63) is 47.0 Å². The van der Waals surface area contributed by atoms with E-state index in [-0.39, 0.29) is 12.5 Å². The highest BCUT2D eigenvalue weighted by Crippen LogP contribution is 2.35. The molecular formula is C23H28ClN3O3S. The topological polar surface area (TPSA) is 54.9 Å². The molecule has 2 aromatic carbocycles. The number of amides is 1. The van der Waals surface area contributed by atoms with Gasteiger partial charge in [0.15, 0.2) is 11.7 Å². The van der Waals surface area contributed by atoms with E-state index in [2.05, 4.69) is 4.90 Å². The maximum absolute atomic E-state index is 13.1. The number of benzene rings is 2. The van der Waals surface area contributed by atoms with Crippen LogP contribution in [-0.4, -0.2) is 56.2 Å². The number of hydrogen-bond donors (Lipinski definition) is 0. The van der Waals surface area contributed by atoms with Crippen molar-refractivity contribution < 1.29 is 14.3 Å². The Bertz CT molecular complexity index is 982. The molecule has 0 aliphatic rings. The molecule has 1 aromatic heterocycles. The third-order valence-electron chi connectivity index (χ3n) is 4.70. The molecule has 0 spiro atoms. The van der Waals surface area contributed by atoms with E-state index in [1.165, 1.54) is 11.3 Å². The second-order valence-corrected chi connectivity index (χ2v) is 8.82. The molecule has 0 fully saturated rings. The fourth-order valence-electron chi connectivity index (χ4n) is 3.10. The van der Waals surface area contributed by atoms with Crippen LogP contribution in [0.4, 0.5) is 5.13 Å². The Hall–Kier alpha value is -2.35. The second kappa shape index (κ2) is 10.8. The van der Waals surface area contributed by atoms with Crippen LogP contribution in [0.2, 0.25) is 5.02 Å². The van der Waals surface area contributed by atoms with Gasteiger partial charge in [0.2, 0.25) is 0 Å². The molecule has 0 saturated heterocycles. The lowest BCUT2D eigenvalue weighted by atomic mass is 10.2. The first-order valence-electron chi connectivity index (χ1n) is 10.3. The van der Waals surface area contributed by atoms with Crippen molar-refractivity contribution in [3.63, 3.8) is 0 Å². The first kappa shape index (κ1) is 23.3. The maximum Gasteiger partial charge on any atom is 0.266 e. The highest BCUT2D eigenvalue weighted by atomic mass is 35.5. The minimum atomic E-state index is -0.138. The molecule has 0 N–H and O–H groups in total. The standard InChI is InChI=1S/C23H28ClN3O3S/c1-5-29-17-8-10-18(11-9-17)30-15-20(28)27(14-6-13-26(3)4)23-25-21-16(2)7-12-19(24)22(21)31-23/h7-12H,5-6,13-15H2,1-4H3. The van der Waals surface area contributed by atoms with Crippen LogP contribution in [0, 0.1) is 6.92 Å². The Morgan fingerprint density at radius 3 is 2.35 bits per heavy atom. The maximum atomic E-state index is 13.1. The number of ether oxygens (including phenoxy) is 2. The smallest absolute Gasteiger partial charge is 0.266 e. The highest BCUT2D eigenvalue weighted by molar-refractivity contribution is 7.23.